The van der Waals surface area contributed by atoms with Gasteiger partial charge in [-0.3, -0.25) is 4.79 Å². The number of aliphatic carboxylic acids is 1. The van der Waals surface area contributed by atoms with Crippen LogP contribution in [0, 0.1) is 0 Å². The molecular formula is C24H29N5O3S. The summed E-state index contributed by atoms with van der Waals surface area (Å²) >= 11 is 1.42. The van der Waals surface area contributed by atoms with Crippen molar-refractivity contribution in [3.05, 3.63) is 47.7 Å². The van der Waals surface area contributed by atoms with Crippen LogP contribution in [0.5, 0.6) is 0 Å². The molecular weight excluding hydrogens is 438 g/mol. The fourth-order valence-corrected chi connectivity index (χ4v) is 4.80. The van der Waals surface area contributed by atoms with Gasteiger partial charge in [0.1, 0.15) is 11.9 Å². The highest BCUT2D eigenvalue weighted by molar-refractivity contribution is 7.22. The van der Waals surface area contributed by atoms with Crippen molar-refractivity contribution < 1.29 is 14.7 Å². The second kappa shape index (κ2) is 11.1. The predicted octanol–water partition coefficient (Wildman–Crippen LogP) is 3.83. The molecule has 1 amide bonds. The maximum absolute atomic E-state index is 12.2. The minimum Gasteiger partial charge on any atom is -0.480 e. The van der Waals surface area contributed by atoms with Crippen molar-refractivity contribution in [3.63, 3.8) is 0 Å². The van der Waals surface area contributed by atoms with E-state index in [4.69, 9.17) is 0 Å². The summed E-state index contributed by atoms with van der Waals surface area (Å²) in [4.78, 5) is 32.9. The standard InChI is InChI=1S/C24H29N5O3S/c30-21(10-4-1-7-17-12-11-16-6-5-14-26-22(16)27-17)25-15-13-19(23(31)32)29-24-28-18-8-2-3-9-20(18)33-24/h2-3,8-9,11-12,19H,1,4-7,10,13-15H2,(H,25,30)(H,26,27)(H,28,29)(H,31,32). The number of carbonyl (C=O) groups excluding carboxylic acids is 1. The Morgan fingerprint density at radius 2 is 2.03 bits per heavy atom. The van der Waals surface area contributed by atoms with E-state index in [0.717, 1.165) is 60.4 Å². The van der Waals surface area contributed by atoms with Crippen molar-refractivity contribution in [2.75, 3.05) is 23.7 Å². The Bertz CT molecular complexity index is 1080. The SMILES string of the molecule is O=C(CCCCc1ccc2c(n1)NCCC2)NCCC(Nc1nc2ccccc2s1)C(=O)O. The smallest absolute Gasteiger partial charge is 0.326 e. The summed E-state index contributed by atoms with van der Waals surface area (Å²) in [7, 11) is 0. The number of para-hydroxylation sites is 1. The van der Waals surface area contributed by atoms with Crippen molar-refractivity contribution in [3.8, 4) is 0 Å². The number of amides is 1. The Labute approximate surface area is 196 Å². The van der Waals surface area contributed by atoms with Crippen molar-refractivity contribution in [2.45, 2.75) is 51.0 Å². The van der Waals surface area contributed by atoms with Crippen LogP contribution in [0.4, 0.5) is 10.9 Å². The number of carboxylic acids is 1. The average Bonchev–Trinajstić information content (AvgIpc) is 3.23. The summed E-state index contributed by atoms with van der Waals surface area (Å²) in [6.45, 7) is 1.27. The van der Waals surface area contributed by atoms with Gasteiger partial charge >= 0.3 is 5.97 Å². The molecule has 1 aromatic carbocycles. The van der Waals surface area contributed by atoms with Crippen LogP contribution >= 0.6 is 11.3 Å². The molecule has 0 spiro atoms. The first kappa shape index (κ1) is 23.0. The first-order valence-corrected chi connectivity index (χ1v) is 12.2. The first-order chi connectivity index (χ1) is 16.1. The topological polar surface area (TPSA) is 116 Å². The summed E-state index contributed by atoms with van der Waals surface area (Å²) in [5.41, 5.74) is 3.17. The van der Waals surface area contributed by atoms with E-state index in [1.54, 1.807) is 0 Å². The van der Waals surface area contributed by atoms with E-state index in [-0.39, 0.29) is 12.3 Å². The number of rotatable bonds is 11. The second-order valence-electron chi connectivity index (χ2n) is 8.21. The monoisotopic (exact) mass is 467 g/mol. The van der Waals surface area contributed by atoms with Crippen LogP contribution in [0.1, 0.15) is 43.4 Å². The molecule has 0 saturated heterocycles. The number of benzene rings is 1. The van der Waals surface area contributed by atoms with Crippen LogP contribution in [0.25, 0.3) is 10.2 Å². The number of aromatic nitrogens is 2. The largest absolute Gasteiger partial charge is 0.480 e. The first-order valence-electron chi connectivity index (χ1n) is 11.4. The highest BCUT2D eigenvalue weighted by Gasteiger charge is 2.19. The van der Waals surface area contributed by atoms with Crippen molar-refractivity contribution in [1.29, 1.82) is 0 Å². The van der Waals surface area contributed by atoms with Gasteiger partial charge in [0, 0.05) is 25.2 Å². The van der Waals surface area contributed by atoms with E-state index in [1.165, 1.54) is 16.9 Å². The van der Waals surface area contributed by atoms with Crippen LogP contribution in [-0.2, 0) is 22.4 Å². The molecule has 174 valence electrons. The normalized spacial score (nSPS) is 13.7. The van der Waals surface area contributed by atoms with Crippen LogP contribution in [0.15, 0.2) is 36.4 Å². The van der Waals surface area contributed by atoms with Gasteiger partial charge in [0.05, 0.1) is 10.2 Å². The number of hydrogen-bond acceptors (Lipinski definition) is 7. The van der Waals surface area contributed by atoms with Gasteiger partial charge in [-0.25, -0.2) is 14.8 Å². The van der Waals surface area contributed by atoms with Gasteiger partial charge in [-0.05, 0) is 62.3 Å². The minimum absolute atomic E-state index is 0.0563. The minimum atomic E-state index is -0.962. The molecule has 4 rings (SSSR count). The molecule has 1 unspecified atom stereocenters. The van der Waals surface area contributed by atoms with E-state index in [2.05, 4.69) is 38.1 Å². The molecule has 0 radical (unpaired) electrons. The average molecular weight is 468 g/mol. The van der Waals surface area contributed by atoms with Crippen LogP contribution in [0.2, 0.25) is 0 Å². The third kappa shape index (κ3) is 6.41. The number of thiazole rings is 1. The van der Waals surface area contributed by atoms with Gasteiger partial charge < -0.3 is 21.1 Å². The third-order valence-corrected chi connectivity index (χ3v) is 6.65. The number of anilines is 2. The molecule has 8 nitrogen and oxygen atoms in total. The summed E-state index contributed by atoms with van der Waals surface area (Å²) in [5.74, 6) is -0.0151. The number of unbranched alkanes of at least 4 members (excludes halogenated alkanes) is 1. The Hall–Kier alpha value is -3.20. The summed E-state index contributed by atoms with van der Waals surface area (Å²) in [6, 6.07) is 11.1. The van der Waals surface area contributed by atoms with Gasteiger partial charge in [0.2, 0.25) is 5.91 Å². The van der Waals surface area contributed by atoms with E-state index < -0.39 is 12.0 Å². The van der Waals surface area contributed by atoms with Gasteiger partial charge in [0.25, 0.3) is 0 Å². The fraction of sp³-hybridized carbons (Fsp3) is 0.417. The Morgan fingerprint density at radius 1 is 1.15 bits per heavy atom. The number of pyridine rings is 1. The Balaban J connectivity index is 1.15. The zero-order chi connectivity index (χ0) is 23.0. The lowest BCUT2D eigenvalue weighted by atomic mass is 10.1. The Kier molecular flexibility index (Phi) is 7.72. The van der Waals surface area contributed by atoms with E-state index in [0.29, 0.717) is 18.1 Å². The van der Waals surface area contributed by atoms with E-state index in [9.17, 15) is 14.7 Å². The molecule has 3 heterocycles. The number of hydrogen-bond donors (Lipinski definition) is 4. The molecule has 2 aromatic heterocycles. The van der Waals surface area contributed by atoms with Crippen LogP contribution in [0.3, 0.4) is 0 Å². The summed E-state index contributed by atoms with van der Waals surface area (Å²) in [5, 5.41) is 19.3. The molecule has 1 aliphatic rings. The molecule has 0 bridgehead atoms. The quantitative estimate of drug-likeness (QED) is 0.317. The summed E-state index contributed by atoms with van der Waals surface area (Å²) in [6.07, 6.45) is 5.42. The fourth-order valence-electron chi connectivity index (χ4n) is 3.88. The third-order valence-electron chi connectivity index (χ3n) is 5.68. The lowest BCUT2D eigenvalue weighted by Gasteiger charge is -2.17. The van der Waals surface area contributed by atoms with E-state index >= 15 is 0 Å². The number of aryl methyl sites for hydroxylation is 2. The van der Waals surface area contributed by atoms with E-state index in [1.807, 2.05) is 24.3 Å². The maximum atomic E-state index is 12.2. The lowest BCUT2D eigenvalue weighted by Crippen LogP contribution is -2.34. The molecule has 0 aliphatic carbocycles. The number of fused-ring (bicyclic) bond motifs is 2. The molecule has 1 atom stereocenters. The number of carbonyl (C=O) groups is 2. The highest BCUT2D eigenvalue weighted by atomic mass is 32.1. The van der Waals surface area contributed by atoms with Crippen molar-refractivity contribution >= 4 is 44.4 Å². The highest BCUT2D eigenvalue weighted by Crippen LogP contribution is 2.26. The van der Waals surface area contributed by atoms with Gasteiger partial charge in [-0.1, -0.05) is 29.5 Å². The molecule has 4 N–H and O–H groups in total. The molecule has 33 heavy (non-hydrogen) atoms. The van der Waals surface area contributed by atoms with Crippen molar-refractivity contribution in [2.24, 2.45) is 0 Å². The van der Waals surface area contributed by atoms with Crippen LogP contribution in [-0.4, -0.2) is 46.1 Å². The Morgan fingerprint density at radius 3 is 2.88 bits per heavy atom. The zero-order valence-corrected chi connectivity index (χ0v) is 19.3. The van der Waals surface area contributed by atoms with Crippen LogP contribution < -0.4 is 16.0 Å². The predicted molar refractivity (Wildman–Crippen MR) is 131 cm³/mol. The molecule has 9 heteroatoms. The number of carboxylic acid groups (broad SMARTS) is 1. The second-order valence-corrected chi connectivity index (χ2v) is 9.24. The van der Waals surface area contributed by atoms with Crippen molar-refractivity contribution in [1.82, 2.24) is 15.3 Å². The maximum Gasteiger partial charge on any atom is 0.326 e. The number of nitrogens with one attached hydrogen (secondary N) is 3. The summed E-state index contributed by atoms with van der Waals surface area (Å²) < 4.78 is 0.999. The lowest BCUT2D eigenvalue weighted by molar-refractivity contribution is -0.138. The number of nitrogens with zero attached hydrogens (tertiary/aromatic N) is 2. The zero-order valence-electron chi connectivity index (χ0n) is 18.5. The molecule has 0 saturated carbocycles. The molecule has 0 fully saturated rings. The van der Waals surface area contributed by atoms with Gasteiger partial charge in [-0.15, -0.1) is 0 Å². The van der Waals surface area contributed by atoms with Gasteiger partial charge in [-0.2, -0.15) is 0 Å². The molecule has 3 aromatic rings. The van der Waals surface area contributed by atoms with Gasteiger partial charge in [0.15, 0.2) is 5.13 Å². The molecule has 1 aliphatic heterocycles.